The van der Waals surface area contributed by atoms with Crippen molar-refractivity contribution in [3.8, 4) is 0 Å². The predicted octanol–water partition coefficient (Wildman–Crippen LogP) is 8.36. The van der Waals surface area contributed by atoms with Crippen LogP contribution in [0, 0.1) is 13.8 Å². The summed E-state index contributed by atoms with van der Waals surface area (Å²) in [5, 5.41) is 14.5. The summed E-state index contributed by atoms with van der Waals surface area (Å²) in [6.45, 7) is 13.2. The minimum atomic E-state index is -3.35. The van der Waals surface area contributed by atoms with E-state index in [1.807, 2.05) is 66.4 Å². The van der Waals surface area contributed by atoms with E-state index in [-0.39, 0.29) is 44.0 Å². The third-order valence-electron chi connectivity index (χ3n) is 9.13. The van der Waals surface area contributed by atoms with Crippen LogP contribution in [0.25, 0.3) is 21.8 Å². The van der Waals surface area contributed by atoms with Crippen molar-refractivity contribution in [2.24, 2.45) is 5.73 Å². The monoisotopic (exact) mass is 1000 g/mol. The van der Waals surface area contributed by atoms with Gasteiger partial charge in [-0.1, -0.05) is 19.6 Å². The van der Waals surface area contributed by atoms with Gasteiger partial charge in [0.15, 0.2) is 0 Å². The number of thiophene rings is 2. The molecule has 4 heterocycles. The lowest BCUT2D eigenvalue weighted by Crippen LogP contribution is -2.25. The van der Waals surface area contributed by atoms with Gasteiger partial charge in [0, 0.05) is 33.7 Å². The SMILES string of the molecule is C.CCOP(=O)(CCN)OCC.CCOP(=O)(CNC(=O)c1ccc(N(C)Cc2ccc3nc(C)[nH]c(=O)c3c2)s1)OCC.Cc1nc2ccc(CN(C)c3ccc(C(=O)O)s3)cc2c(=O)[nH]1. The number of amides is 1. The predicted molar refractivity (Wildman–Crippen MR) is 269 cm³/mol. The van der Waals surface area contributed by atoms with Crippen LogP contribution in [0.3, 0.4) is 0 Å². The fourth-order valence-corrected chi connectivity index (χ4v) is 10.8. The average molecular weight is 1010 g/mol. The number of carbonyl (C=O) groups is 2. The first-order valence-corrected chi connectivity index (χ1v) is 26.0. The summed E-state index contributed by atoms with van der Waals surface area (Å²) in [5.41, 5.74) is 8.16. The zero-order valence-electron chi connectivity index (χ0n) is 38.2. The molecule has 0 aliphatic heterocycles. The number of fused-ring (bicyclic) bond motifs is 2. The lowest BCUT2D eigenvalue weighted by atomic mass is 10.1. The lowest BCUT2D eigenvalue weighted by Gasteiger charge is -2.18. The Morgan fingerprint density at radius 2 is 1.12 bits per heavy atom. The van der Waals surface area contributed by atoms with Crippen LogP contribution in [0.15, 0.2) is 70.3 Å². The topological polar surface area (TPSA) is 261 Å². The van der Waals surface area contributed by atoms with Gasteiger partial charge in [-0.05, 0) is 101 Å². The molecule has 0 saturated heterocycles. The third-order valence-corrected chi connectivity index (χ3v) is 15.5. The van der Waals surface area contributed by atoms with Crippen molar-refractivity contribution in [1.82, 2.24) is 25.3 Å². The molecule has 1 amide bonds. The number of hydrogen-bond donors (Lipinski definition) is 5. The van der Waals surface area contributed by atoms with Crippen LogP contribution in [-0.2, 0) is 40.3 Å². The zero-order valence-corrected chi connectivity index (χ0v) is 41.7. The van der Waals surface area contributed by atoms with Gasteiger partial charge in [0.1, 0.15) is 22.8 Å². The number of nitrogens with two attached hydrogens (primary N) is 1. The molecule has 0 aliphatic carbocycles. The van der Waals surface area contributed by atoms with Crippen molar-refractivity contribution in [3.05, 3.63) is 114 Å². The van der Waals surface area contributed by atoms with Gasteiger partial charge in [-0.25, -0.2) is 14.8 Å². The molecule has 19 nitrogen and oxygen atoms in total. The molecule has 4 aromatic heterocycles. The van der Waals surface area contributed by atoms with Crippen molar-refractivity contribution in [2.45, 2.75) is 62.1 Å². The Labute approximate surface area is 398 Å². The van der Waals surface area contributed by atoms with Crippen LogP contribution < -0.4 is 32.0 Å². The van der Waals surface area contributed by atoms with Crippen LogP contribution in [0.5, 0.6) is 0 Å². The van der Waals surface area contributed by atoms with E-state index < -0.39 is 21.2 Å². The number of aromatic carboxylic acids is 1. The Balaban J connectivity index is 0.000000296. The summed E-state index contributed by atoms with van der Waals surface area (Å²) in [7, 11) is -2.40. The van der Waals surface area contributed by atoms with Crippen LogP contribution in [-0.4, -0.2) is 96.4 Å². The largest absolute Gasteiger partial charge is 0.477 e. The minimum Gasteiger partial charge on any atom is -0.477 e. The van der Waals surface area contributed by atoms with Crippen molar-refractivity contribution >= 4 is 81.5 Å². The number of H-pyrrole nitrogens is 2. The average Bonchev–Trinajstić information content (AvgIpc) is 3.97. The van der Waals surface area contributed by atoms with Crippen LogP contribution in [0.4, 0.5) is 10.0 Å². The van der Waals surface area contributed by atoms with Gasteiger partial charge in [-0.2, -0.15) is 0 Å². The fourth-order valence-electron chi connectivity index (χ4n) is 6.30. The van der Waals surface area contributed by atoms with E-state index in [4.69, 9.17) is 28.9 Å². The number of benzene rings is 2. The summed E-state index contributed by atoms with van der Waals surface area (Å²) < 4.78 is 44.3. The maximum atomic E-state index is 12.5. The van der Waals surface area contributed by atoms with Crippen LogP contribution >= 0.6 is 37.9 Å². The van der Waals surface area contributed by atoms with Gasteiger partial charge in [0.25, 0.3) is 17.0 Å². The number of aromatic nitrogens is 4. The molecule has 0 unspecified atom stereocenters. The number of aromatic amines is 2. The normalized spacial score (nSPS) is 11.2. The van der Waals surface area contributed by atoms with Crippen LogP contribution in [0.2, 0.25) is 0 Å². The molecule has 0 radical (unpaired) electrons. The number of carboxylic acid groups (broad SMARTS) is 1. The summed E-state index contributed by atoms with van der Waals surface area (Å²) >= 11 is 2.54. The standard InChI is InChI=1S/C21H27N4O5PS.C16H15N3O3S.C6H16NO3P.CH4/c1-5-29-31(28,30-6-2)13-22-21(27)18-9-10-19(32-18)25(4)12-15-7-8-17-16(11-15)20(26)24-14(3)23-17;1-9-17-12-4-3-10(7-11(12)15(20)18-9)8-19(2)14-6-5-13(23-14)16(21)22;1-3-9-11(8,6-5-7)10-4-2;/h7-11H,5-6,12-13H2,1-4H3,(H,22,27)(H,23,24,26);3-7H,8H2,1-2H3,(H,21,22)(H,17,18,20);3-7H2,1-2H3;1H4. The molecule has 6 N–H and O–H groups in total. The lowest BCUT2D eigenvalue weighted by molar-refractivity contribution is 0.0701. The molecule has 2 aromatic carbocycles. The summed E-state index contributed by atoms with van der Waals surface area (Å²) in [6, 6.07) is 18.1. The number of rotatable bonds is 20. The number of nitrogens with zero attached hydrogens (tertiary/aromatic N) is 4. The highest BCUT2D eigenvalue weighted by atomic mass is 32.1. The van der Waals surface area contributed by atoms with Crippen molar-refractivity contribution < 1.29 is 41.9 Å². The summed E-state index contributed by atoms with van der Waals surface area (Å²) in [4.78, 5) is 66.5. The Morgan fingerprint density at radius 1 is 0.701 bits per heavy atom. The summed E-state index contributed by atoms with van der Waals surface area (Å²) in [5.74, 6) is -0.0934. The highest BCUT2D eigenvalue weighted by Gasteiger charge is 2.25. The van der Waals surface area contributed by atoms with E-state index in [2.05, 4.69) is 25.3 Å². The van der Waals surface area contributed by atoms with Gasteiger partial charge in [-0.15, -0.1) is 22.7 Å². The first kappa shape index (κ1) is 56.2. The smallest absolute Gasteiger partial charge is 0.349 e. The van der Waals surface area contributed by atoms with Gasteiger partial charge < -0.3 is 54.0 Å². The number of hydrogen-bond acceptors (Lipinski definition) is 17. The quantitative estimate of drug-likeness (QED) is 0.0450. The van der Waals surface area contributed by atoms with Gasteiger partial charge in [0.05, 0.1) is 69.3 Å². The third kappa shape index (κ3) is 16.6. The molecule has 23 heteroatoms. The van der Waals surface area contributed by atoms with E-state index in [1.54, 1.807) is 59.7 Å². The van der Waals surface area contributed by atoms with Gasteiger partial charge >= 0.3 is 21.2 Å². The van der Waals surface area contributed by atoms with Crippen molar-refractivity contribution in [3.63, 3.8) is 0 Å². The van der Waals surface area contributed by atoms with E-state index in [1.165, 1.54) is 22.7 Å². The van der Waals surface area contributed by atoms with Crippen LogP contribution in [0.1, 0.15) is 77.2 Å². The highest BCUT2D eigenvalue weighted by Crippen LogP contribution is 2.47. The zero-order chi connectivity index (χ0) is 48.6. The first-order valence-electron chi connectivity index (χ1n) is 21.0. The molecule has 0 aliphatic rings. The molecule has 0 fully saturated rings. The molecule has 0 bridgehead atoms. The Kier molecular flexibility index (Phi) is 22.2. The highest BCUT2D eigenvalue weighted by molar-refractivity contribution is 7.54. The maximum Gasteiger partial charge on any atom is 0.349 e. The molecule has 0 atom stereocenters. The number of aryl methyl sites for hydroxylation is 2. The molecule has 366 valence electrons. The first-order chi connectivity index (χ1) is 31.4. The second kappa shape index (κ2) is 26.5. The maximum absolute atomic E-state index is 12.5. The number of anilines is 2. The fraction of sp³-hybridized carbons (Fsp3) is 0.409. The Hall–Kier alpha value is -5.08. The number of carbonyl (C=O) groups excluding carboxylic acids is 1. The van der Waals surface area contributed by atoms with Crippen molar-refractivity contribution in [1.29, 1.82) is 0 Å². The molecule has 0 saturated carbocycles. The molecule has 6 rings (SSSR count). The second-order valence-corrected chi connectivity index (χ2v) is 20.7. The second-order valence-electron chi connectivity index (χ2n) is 14.4. The molecular weight excluding hydrogens is 943 g/mol. The molecular formula is C44H62N8O11P2S2. The van der Waals surface area contributed by atoms with Gasteiger partial charge in [0.2, 0.25) is 0 Å². The molecule has 67 heavy (non-hydrogen) atoms. The Bertz CT molecular complexity index is 2760. The molecule has 0 spiro atoms. The number of carboxylic acids is 1. The Morgan fingerprint density at radius 3 is 1.52 bits per heavy atom. The van der Waals surface area contributed by atoms with E-state index >= 15 is 0 Å². The van der Waals surface area contributed by atoms with E-state index in [9.17, 15) is 28.3 Å². The minimum absolute atomic E-state index is 0. The van der Waals surface area contributed by atoms with E-state index in [0.717, 1.165) is 21.1 Å². The molecule has 6 aromatic rings. The number of nitrogens with one attached hydrogen (secondary N) is 3. The summed E-state index contributed by atoms with van der Waals surface area (Å²) in [6.07, 6.45) is 0.115. The van der Waals surface area contributed by atoms with Gasteiger partial charge in [-0.3, -0.25) is 23.5 Å². The van der Waals surface area contributed by atoms with Crippen molar-refractivity contribution in [2.75, 3.05) is 69.3 Å². The van der Waals surface area contributed by atoms with E-state index in [0.29, 0.717) is 82.2 Å².